The zero-order valence-electron chi connectivity index (χ0n) is 11.4. The van der Waals surface area contributed by atoms with Gasteiger partial charge in [0.25, 0.3) is 0 Å². The molecular formula is C16H22N2O. The lowest BCUT2D eigenvalue weighted by Gasteiger charge is -2.18. The second kappa shape index (κ2) is 8.34. The van der Waals surface area contributed by atoms with Gasteiger partial charge in [-0.15, -0.1) is 12.3 Å². The second-order valence-corrected chi connectivity index (χ2v) is 4.65. The number of rotatable bonds is 7. The first kappa shape index (κ1) is 15.3. The van der Waals surface area contributed by atoms with E-state index in [-0.39, 0.29) is 11.9 Å². The lowest BCUT2D eigenvalue weighted by molar-refractivity contribution is -0.123. The fraction of sp³-hybridized carbons (Fsp3) is 0.438. The minimum atomic E-state index is -0.480. The molecule has 0 aromatic heterocycles. The fourth-order valence-electron chi connectivity index (χ4n) is 1.85. The molecule has 0 radical (unpaired) electrons. The van der Waals surface area contributed by atoms with E-state index in [4.69, 9.17) is 12.2 Å². The van der Waals surface area contributed by atoms with Crippen molar-refractivity contribution in [3.63, 3.8) is 0 Å². The molecule has 0 aliphatic carbocycles. The van der Waals surface area contributed by atoms with Crippen LogP contribution in [-0.4, -0.2) is 18.0 Å². The number of hydrogen-bond donors (Lipinski definition) is 2. The first-order valence-electron chi connectivity index (χ1n) is 6.70. The maximum Gasteiger partial charge on any atom is 0.237 e. The van der Waals surface area contributed by atoms with E-state index in [0.717, 1.165) is 12.8 Å². The van der Waals surface area contributed by atoms with Crippen LogP contribution in [-0.2, 0) is 11.2 Å². The van der Waals surface area contributed by atoms with Crippen LogP contribution in [0, 0.1) is 12.3 Å². The van der Waals surface area contributed by atoms with Gasteiger partial charge in [0.2, 0.25) is 5.91 Å². The van der Waals surface area contributed by atoms with Crippen molar-refractivity contribution in [3.8, 4) is 12.3 Å². The van der Waals surface area contributed by atoms with Crippen molar-refractivity contribution in [2.75, 3.05) is 0 Å². The van der Waals surface area contributed by atoms with Gasteiger partial charge in [-0.25, -0.2) is 0 Å². The topological polar surface area (TPSA) is 55.1 Å². The quantitative estimate of drug-likeness (QED) is 0.734. The zero-order chi connectivity index (χ0) is 14.1. The molecule has 0 spiro atoms. The van der Waals surface area contributed by atoms with E-state index >= 15 is 0 Å². The zero-order valence-corrected chi connectivity index (χ0v) is 11.4. The molecule has 0 bridgehead atoms. The molecular weight excluding hydrogens is 236 g/mol. The van der Waals surface area contributed by atoms with Crippen molar-refractivity contribution in [3.05, 3.63) is 35.9 Å². The first-order valence-corrected chi connectivity index (χ1v) is 6.70. The van der Waals surface area contributed by atoms with Crippen LogP contribution in [0.3, 0.4) is 0 Å². The highest BCUT2D eigenvalue weighted by Gasteiger charge is 2.16. The Bertz CT molecular complexity index is 422. The Hall–Kier alpha value is -1.79. The lowest BCUT2D eigenvalue weighted by atomic mass is 10.0. The Balaban J connectivity index is 2.38. The molecule has 1 aromatic carbocycles. The normalized spacial score (nSPS) is 13.3. The predicted octanol–water partition coefficient (Wildman–Crippen LogP) is 1.86. The molecule has 1 rings (SSSR count). The van der Waals surface area contributed by atoms with Crippen LogP contribution in [0.1, 0.15) is 31.7 Å². The van der Waals surface area contributed by atoms with Gasteiger partial charge in [0.1, 0.15) is 0 Å². The van der Waals surface area contributed by atoms with E-state index in [1.165, 1.54) is 5.56 Å². The molecule has 2 atom stereocenters. The SMILES string of the molecule is C#CCC(CC)NC(=O)C(N)CCc1ccccc1. The summed E-state index contributed by atoms with van der Waals surface area (Å²) in [4.78, 5) is 11.9. The molecule has 0 aliphatic heterocycles. The van der Waals surface area contributed by atoms with Crippen molar-refractivity contribution in [1.29, 1.82) is 0 Å². The number of nitrogens with two attached hydrogens (primary N) is 1. The number of amides is 1. The van der Waals surface area contributed by atoms with Gasteiger partial charge in [-0.05, 0) is 24.8 Å². The summed E-state index contributed by atoms with van der Waals surface area (Å²) >= 11 is 0. The fourth-order valence-corrected chi connectivity index (χ4v) is 1.85. The molecule has 1 amide bonds. The van der Waals surface area contributed by atoms with Crippen molar-refractivity contribution in [1.82, 2.24) is 5.32 Å². The van der Waals surface area contributed by atoms with Crippen molar-refractivity contribution < 1.29 is 4.79 Å². The largest absolute Gasteiger partial charge is 0.351 e. The Labute approximate surface area is 115 Å². The summed E-state index contributed by atoms with van der Waals surface area (Å²) in [6.07, 6.45) is 8.08. The highest BCUT2D eigenvalue weighted by molar-refractivity contribution is 5.81. The van der Waals surface area contributed by atoms with Crippen molar-refractivity contribution in [2.24, 2.45) is 5.73 Å². The molecule has 0 saturated carbocycles. The molecule has 1 aromatic rings. The first-order chi connectivity index (χ1) is 9.17. The van der Waals surface area contributed by atoms with Crippen LogP contribution in [0.15, 0.2) is 30.3 Å². The summed E-state index contributed by atoms with van der Waals surface area (Å²) in [5.74, 6) is 2.45. The van der Waals surface area contributed by atoms with Gasteiger partial charge in [-0.1, -0.05) is 37.3 Å². The molecule has 0 heterocycles. The number of aryl methyl sites for hydroxylation is 1. The Morgan fingerprint density at radius 1 is 1.42 bits per heavy atom. The lowest BCUT2D eigenvalue weighted by Crippen LogP contribution is -2.45. The molecule has 3 N–H and O–H groups in total. The van der Waals surface area contributed by atoms with Crippen molar-refractivity contribution >= 4 is 5.91 Å². The molecule has 0 fully saturated rings. The van der Waals surface area contributed by atoms with Crippen LogP contribution < -0.4 is 11.1 Å². The van der Waals surface area contributed by atoms with E-state index in [9.17, 15) is 4.79 Å². The highest BCUT2D eigenvalue weighted by Crippen LogP contribution is 2.05. The van der Waals surface area contributed by atoms with Crippen LogP contribution in [0.5, 0.6) is 0 Å². The number of carbonyl (C=O) groups is 1. The number of hydrogen-bond acceptors (Lipinski definition) is 2. The summed E-state index contributed by atoms with van der Waals surface area (Å²) in [5, 5.41) is 2.90. The third-order valence-corrected chi connectivity index (χ3v) is 3.13. The molecule has 3 heteroatoms. The minimum Gasteiger partial charge on any atom is -0.351 e. The highest BCUT2D eigenvalue weighted by atomic mass is 16.2. The number of benzene rings is 1. The van der Waals surface area contributed by atoms with E-state index in [2.05, 4.69) is 11.2 Å². The third kappa shape index (κ3) is 5.58. The molecule has 0 aliphatic rings. The Morgan fingerprint density at radius 3 is 2.68 bits per heavy atom. The van der Waals surface area contributed by atoms with E-state index in [1.807, 2.05) is 37.3 Å². The Morgan fingerprint density at radius 2 is 2.11 bits per heavy atom. The van der Waals surface area contributed by atoms with Gasteiger partial charge >= 0.3 is 0 Å². The molecule has 102 valence electrons. The van der Waals surface area contributed by atoms with Gasteiger partial charge < -0.3 is 11.1 Å². The minimum absolute atomic E-state index is 0.0280. The number of carbonyl (C=O) groups excluding carboxylic acids is 1. The average molecular weight is 258 g/mol. The van der Waals surface area contributed by atoms with Gasteiger partial charge in [0.15, 0.2) is 0 Å². The molecule has 3 nitrogen and oxygen atoms in total. The van der Waals surface area contributed by atoms with Gasteiger partial charge in [0, 0.05) is 12.5 Å². The van der Waals surface area contributed by atoms with Gasteiger partial charge in [-0.3, -0.25) is 4.79 Å². The van der Waals surface area contributed by atoms with Crippen LogP contribution in [0.2, 0.25) is 0 Å². The maximum absolute atomic E-state index is 11.9. The standard InChI is InChI=1S/C16H22N2O/c1-3-8-14(4-2)18-16(19)15(17)12-11-13-9-6-5-7-10-13/h1,5-7,9-10,14-15H,4,8,11-12,17H2,2H3,(H,18,19). The second-order valence-electron chi connectivity index (χ2n) is 4.65. The summed E-state index contributed by atoms with van der Waals surface area (Å²) < 4.78 is 0. The summed E-state index contributed by atoms with van der Waals surface area (Å²) in [5.41, 5.74) is 7.10. The van der Waals surface area contributed by atoms with Crippen LogP contribution in [0.4, 0.5) is 0 Å². The summed E-state index contributed by atoms with van der Waals surface area (Å²) in [6, 6.07) is 9.58. The monoisotopic (exact) mass is 258 g/mol. The van der Waals surface area contributed by atoms with Crippen LogP contribution >= 0.6 is 0 Å². The van der Waals surface area contributed by atoms with Crippen molar-refractivity contribution in [2.45, 2.75) is 44.7 Å². The molecule has 2 unspecified atom stereocenters. The maximum atomic E-state index is 11.9. The molecule has 19 heavy (non-hydrogen) atoms. The average Bonchev–Trinajstić information content (AvgIpc) is 2.45. The van der Waals surface area contributed by atoms with Crippen LogP contribution in [0.25, 0.3) is 0 Å². The van der Waals surface area contributed by atoms with E-state index < -0.39 is 6.04 Å². The number of terminal acetylenes is 1. The molecule has 0 saturated heterocycles. The van der Waals surface area contributed by atoms with E-state index in [1.54, 1.807) is 0 Å². The smallest absolute Gasteiger partial charge is 0.237 e. The third-order valence-electron chi connectivity index (χ3n) is 3.13. The Kier molecular flexibility index (Phi) is 6.70. The summed E-state index contributed by atoms with van der Waals surface area (Å²) in [6.45, 7) is 2.00. The number of nitrogens with one attached hydrogen (secondary N) is 1. The van der Waals surface area contributed by atoms with Gasteiger partial charge in [0.05, 0.1) is 6.04 Å². The van der Waals surface area contributed by atoms with Gasteiger partial charge in [-0.2, -0.15) is 0 Å². The summed E-state index contributed by atoms with van der Waals surface area (Å²) in [7, 11) is 0. The van der Waals surface area contributed by atoms with E-state index in [0.29, 0.717) is 12.8 Å². The predicted molar refractivity (Wildman–Crippen MR) is 78.4 cm³/mol.